The number of anilines is 1. The molecule has 0 bridgehead atoms. The van der Waals surface area contributed by atoms with Crippen molar-refractivity contribution in [2.45, 2.75) is 12.5 Å². The molecule has 3 rings (SSSR count). The second-order valence-corrected chi connectivity index (χ2v) is 6.66. The highest BCUT2D eigenvalue weighted by molar-refractivity contribution is 7.98. The van der Waals surface area contributed by atoms with Crippen molar-refractivity contribution in [3.05, 3.63) is 69.6 Å². The first kappa shape index (κ1) is 17.9. The molecule has 3 aromatic rings. The van der Waals surface area contributed by atoms with Gasteiger partial charge >= 0.3 is 5.69 Å². The van der Waals surface area contributed by atoms with Crippen LogP contribution >= 0.6 is 11.8 Å². The number of fused-ring (bicyclic) bond motifs is 1. The molecule has 0 saturated carbocycles. The number of benzene rings is 1. The Balaban J connectivity index is 2.05. The molecule has 1 amide bonds. The van der Waals surface area contributed by atoms with Crippen molar-refractivity contribution in [3.8, 4) is 0 Å². The Hall–Kier alpha value is -2.87. The van der Waals surface area contributed by atoms with Gasteiger partial charge in [-0.1, -0.05) is 12.1 Å². The quantitative estimate of drug-likeness (QED) is 0.692. The summed E-state index contributed by atoms with van der Waals surface area (Å²) in [5, 5.41) is 3.10. The SMILES string of the molecule is CSCCC(C(=O)Nc1cccnc1)n1c(=O)[nH]c2ccccc2c1=O. The van der Waals surface area contributed by atoms with Crippen LogP contribution in [0.25, 0.3) is 10.9 Å². The Bertz CT molecular complexity index is 1030. The van der Waals surface area contributed by atoms with Gasteiger partial charge in [0.15, 0.2) is 0 Å². The average molecular weight is 370 g/mol. The van der Waals surface area contributed by atoms with Crippen molar-refractivity contribution in [1.29, 1.82) is 0 Å². The Kier molecular flexibility index (Phi) is 5.52. The van der Waals surface area contributed by atoms with Gasteiger partial charge in [0.2, 0.25) is 5.91 Å². The van der Waals surface area contributed by atoms with E-state index in [4.69, 9.17) is 0 Å². The van der Waals surface area contributed by atoms with Crippen molar-refractivity contribution in [1.82, 2.24) is 14.5 Å². The Morgan fingerprint density at radius 3 is 2.81 bits per heavy atom. The van der Waals surface area contributed by atoms with Gasteiger partial charge in [0.1, 0.15) is 6.04 Å². The summed E-state index contributed by atoms with van der Waals surface area (Å²) in [6.07, 6.45) is 5.37. The van der Waals surface area contributed by atoms with Gasteiger partial charge in [-0.05, 0) is 42.7 Å². The number of aromatic nitrogens is 3. The highest BCUT2D eigenvalue weighted by atomic mass is 32.2. The minimum atomic E-state index is -0.913. The lowest BCUT2D eigenvalue weighted by Gasteiger charge is -2.18. The normalized spacial score (nSPS) is 12.0. The fourth-order valence-electron chi connectivity index (χ4n) is 2.73. The van der Waals surface area contributed by atoms with Crippen molar-refractivity contribution in [3.63, 3.8) is 0 Å². The number of H-pyrrole nitrogens is 1. The first-order valence-corrected chi connectivity index (χ1v) is 9.44. The predicted molar refractivity (Wildman–Crippen MR) is 104 cm³/mol. The van der Waals surface area contributed by atoms with E-state index in [0.717, 1.165) is 4.57 Å². The molecule has 0 aliphatic carbocycles. The molecule has 2 heterocycles. The summed E-state index contributed by atoms with van der Waals surface area (Å²) < 4.78 is 1.00. The lowest BCUT2D eigenvalue weighted by atomic mass is 10.1. The van der Waals surface area contributed by atoms with Crippen LogP contribution in [0.15, 0.2) is 58.4 Å². The van der Waals surface area contributed by atoms with Crippen LogP contribution in [0, 0.1) is 0 Å². The fraction of sp³-hybridized carbons (Fsp3) is 0.222. The van der Waals surface area contributed by atoms with E-state index < -0.39 is 23.2 Å². The Morgan fingerprint density at radius 1 is 1.27 bits per heavy atom. The Morgan fingerprint density at radius 2 is 2.08 bits per heavy atom. The molecule has 0 spiro atoms. The van der Waals surface area contributed by atoms with Crippen molar-refractivity contribution in [2.75, 3.05) is 17.3 Å². The molecule has 0 radical (unpaired) electrons. The zero-order valence-corrected chi connectivity index (χ0v) is 15.0. The molecular weight excluding hydrogens is 352 g/mol. The van der Waals surface area contributed by atoms with E-state index in [-0.39, 0.29) is 0 Å². The third kappa shape index (κ3) is 3.70. The highest BCUT2D eigenvalue weighted by Gasteiger charge is 2.24. The third-order valence-electron chi connectivity index (χ3n) is 3.98. The van der Waals surface area contributed by atoms with E-state index in [2.05, 4.69) is 15.3 Å². The predicted octanol–water partition coefficient (Wildman–Crippen LogP) is 2.02. The van der Waals surface area contributed by atoms with Gasteiger partial charge in [-0.25, -0.2) is 9.36 Å². The van der Waals surface area contributed by atoms with Gasteiger partial charge in [-0.2, -0.15) is 11.8 Å². The third-order valence-corrected chi connectivity index (χ3v) is 4.62. The zero-order chi connectivity index (χ0) is 18.5. The Labute approximate surface area is 153 Å². The maximum Gasteiger partial charge on any atom is 0.329 e. The number of carbonyl (C=O) groups excluding carboxylic acids is 1. The van der Waals surface area contributed by atoms with Crippen molar-refractivity contribution >= 4 is 34.3 Å². The minimum Gasteiger partial charge on any atom is -0.323 e. The lowest BCUT2D eigenvalue weighted by molar-refractivity contribution is -0.119. The van der Waals surface area contributed by atoms with Crippen molar-refractivity contribution < 1.29 is 4.79 Å². The van der Waals surface area contributed by atoms with Crippen LogP contribution in [0.3, 0.4) is 0 Å². The van der Waals surface area contributed by atoms with Gasteiger partial charge in [-0.3, -0.25) is 14.6 Å². The molecule has 0 saturated heterocycles. The maximum absolute atomic E-state index is 12.9. The summed E-state index contributed by atoms with van der Waals surface area (Å²) in [5.41, 5.74) is -0.107. The average Bonchev–Trinajstić information content (AvgIpc) is 2.65. The lowest BCUT2D eigenvalue weighted by Crippen LogP contribution is -2.43. The number of carbonyl (C=O) groups is 1. The second kappa shape index (κ2) is 8.01. The zero-order valence-electron chi connectivity index (χ0n) is 14.1. The smallest absolute Gasteiger partial charge is 0.323 e. The van der Waals surface area contributed by atoms with E-state index in [1.807, 2.05) is 6.26 Å². The monoisotopic (exact) mass is 370 g/mol. The molecule has 134 valence electrons. The van der Waals surface area contributed by atoms with Gasteiger partial charge in [0.05, 0.1) is 22.8 Å². The molecule has 1 unspecified atom stereocenters. The summed E-state index contributed by atoms with van der Waals surface area (Å²) >= 11 is 1.54. The van der Waals surface area contributed by atoms with E-state index in [9.17, 15) is 14.4 Å². The number of hydrogen-bond donors (Lipinski definition) is 2. The van der Waals surface area contributed by atoms with E-state index in [1.165, 1.54) is 6.20 Å². The summed E-state index contributed by atoms with van der Waals surface area (Å²) in [7, 11) is 0. The molecule has 2 N–H and O–H groups in total. The van der Waals surface area contributed by atoms with Gasteiger partial charge in [0, 0.05) is 6.20 Å². The van der Waals surface area contributed by atoms with Gasteiger partial charge < -0.3 is 10.3 Å². The van der Waals surface area contributed by atoms with Gasteiger partial charge in [-0.15, -0.1) is 0 Å². The van der Waals surface area contributed by atoms with E-state index in [0.29, 0.717) is 28.8 Å². The van der Waals surface area contributed by atoms with E-state index >= 15 is 0 Å². The molecule has 1 aromatic carbocycles. The topological polar surface area (TPSA) is 96.8 Å². The summed E-state index contributed by atoms with van der Waals surface area (Å²) in [4.78, 5) is 44.8. The van der Waals surface area contributed by atoms with Crippen LogP contribution in [0.1, 0.15) is 12.5 Å². The number of hydrogen-bond acceptors (Lipinski definition) is 5. The number of para-hydroxylation sites is 1. The number of thioether (sulfide) groups is 1. The first-order chi connectivity index (χ1) is 12.6. The van der Waals surface area contributed by atoms with Crippen LogP contribution < -0.4 is 16.6 Å². The minimum absolute atomic E-state index is 0.356. The standard InChI is InChI=1S/C18H18N4O3S/c1-26-10-8-15(16(23)20-12-5-4-9-19-11-12)22-17(24)13-6-2-3-7-14(13)21-18(22)25/h2-7,9,11,15H,8,10H2,1H3,(H,20,23)(H,21,25). The number of aromatic amines is 1. The number of pyridine rings is 1. The number of rotatable bonds is 6. The van der Waals surface area contributed by atoms with Crippen LogP contribution in [0.2, 0.25) is 0 Å². The molecule has 2 aromatic heterocycles. The van der Waals surface area contributed by atoms with Crippen molar-refractivity contribution in [2.24, 2.45) is 0 Å². The highest BCUT2D eigenvalue weighted by Crippen LogP contribution is 2.16. The molecular formula is C18H18N4O3S. The van der Waals surface area contributed by atoms with Crippen LogP contribution in [0.4, 0.5) is 5.69 Å². The molecule has 0 aliphatic rings. The summed E-state index contributed by atoms with van der Waals surface area (Å²) in [6, 6.07) is 9.24. The maximum atomic E-state index is 12.9. The number of nitrogens with one attached hydrogen (secondary N) is 2. The fourth-order valence-corrected chi connectivity index (χ4v) is 3.19. The molecule has 8 heteroatoms. The largest absolute Gasteiger partial charge is 0.329 e. The molecule has 26 heavy (non-hydrogen) atoms. The van der Waals surface area contributed by atoms with E-state index in [1.54, 1.807) is 54.4 Å². The van der Waals surface area contributed by atoms with Gasteiger partial charge in [0.25, 0.3) is 5.56 Å². The van der Waals surface area contributed by atoms with Crippen LogP contribution in [0.5, 0.6) is 0 Å². The molecule has 7 nitrogen and oxygen atoms in total. The number of nitrogens with zero attached hydrogens (tertiary/aromatic N) is 2. The molecule has 0 aliphatic heterocycles. The molecule has 1 atom stereocenters. The summed E-state index contributed by atoms with van der Waals surface area (Å²) in [6.45, 7) is 0. The number of amides is 1. The van der Waals surface area contributed by atoms with Crippen LogP contribution in [-0.2, 0) is 4.79 Å². The first-order valence-electron chi connectivity index (χ1n) is 8.05. The van der Waals surface area contributed by atoms with Crippen LogP contribution in [-0.4, -0.2) is 32.5 Å². The molecule has 0 fully saturated rings. The summed E-state index contributed by atoms with van der Waals surface area (Å²) in [5.74, 6) is 0.207. The second-order valence-electron chi connectivity index (χ2n) is 5.68.